The van der Waals surface area contributed by atoms with Crippen molar-refractivity contribution < 1.29 is 38.0 Å². The van der Waals surface area contributed by atoms with Crippen molar-refractivity contribution >= 4 is 12.1 Å². The van der Waals surface area contributed by atoms with Crippen molar-refractivity contribution in [3.8, 4) is 0 Å². The maximum absolute atomic E-state index is 12.3. The summed E-state index contributed by atoms with van der Waals surface area (Å²) in [5, 5.41) is 3.38. The lowest BCUT2D eigenvalue weighted by Crippen LogP contribution is -2.40. The van der Waals surface area contributed by atoms with Crippen LogP contribution in [0.3, 0.4) is 0 Å². The summed E-state index contributed by atoms with van der Waals surface area (Å²) in [6, 6.07) is 0. The van der Waals surface area contributed by atoms with E-state index in [1.54, 1.807) is 27.7 Å². The maximum atomic E-state index is 12.3. The van der Waals surface area contributed by atoms with Crippen LogP contribution in [0.2, 0.25) is 0 Å². The van der Waals surface area contributed by atoms with Gasteiger partial charge in [0.2, 0.25) is 0 Å². The molecule has 0 saturated carbocycles. The van der Waals surface area contributed by atoms with Gasteiger partial charge in [0, 0.05) is 24.5 Å². The molecule has 1 amide bonds. The Kier molecular flexibility index (Phi) is 17.4. The molecule has 0 aliphatic carbocycles. The molecule has 0 fully saturated rings. The molecule has 0 aliphatic rings. The lowest BCUT2D eigenvalue weighted by molar-refractivity contribution is -0.149. The number of esters is 1. The number of carbonyl (C=O) groups excluding carboxylic acids is 2. The van der Waals surface area contributed by atoms with E-state index in [0.29, 0.717) is 46.1 Å². The smallest absolute Gasteiger partial charge is 0.410 e. The first-order valence-electron chi connectivity index (χ1n) is 10.3. The van der Waals surface area contributed by atoms with E-state index in [4.69, 9.17) is 34.0 Å². The van der Waals surface area contributed by atoms with Crippen LogP contribution in [-0.4, -0.2) is 102 Å². The van der Waals surface area contributed by atoms with E-state index in [-0.39, 0.29) is 33.0 Å². The highest BCUT2D eigenvalue weighted by molar-refractivity contribution is 5.70. The molecule has 0 heterocycles. The van der Waals surface area contributed by atoms with Crippen molar-refractivity contribution in [2.45, 2.75) is 33.3 Å². The third-order valence-corrected chi connectivity index (χ3v) is 3.33. The van der Waals surface area contributed by atoms with Gasteiger partial charge in [-0.3, -0.25) is 0 Å². The predicted molar refractivity (Wildman–Crippen MR) is 112 cm³/mol. The number of nitrogens with zero attached hydrogens (tertiary/aromatic N) is 4. The summed E-state index contributed by atoms with van der Waals surface area (Å²) < 4.78 is 31.4. The van der Waals surface area contributed by atoms with Crippen LogP contribution in [0, 0.1) is 0 Å². The van der Waals surface area contributed by atoms with Gasteiger partial charge >= 0.3 is 12.1 Å². The van der Waals surface area contributed by atoms with E-state index >= 15 is 0 Å². The molecule has 12 heteroatoms. The molecule has 180 valence electrons. The Morgan fingerprint density at radius 3 is 2.00 bits per heavy atom. The normalized spacial score (nSPS) is 11.0. The Labute approximate surface area is 183 Å². The quantitative estimate of drug-likeness (QED) is 0.102. The molecule has 0 unspecified atom stereocenters. The van der Waals surface area contributed by atoms with E-state index in [2.05, 4.69) is 10.0 Å². The van der Waals surface area contributed by atoms with Gasteiger partial charge in [-0.25, -0.2) is 9.59 Å². The number of azide groups is 1. The number of hydrogen-bond acceptors (Lipinski definition) is 9. The van der Waals surface area contributed by atoms with E-state index in [9.17, 15) is 9.59 Å². The first kappa shape index (κ1) is 28.9. The molecular weight excluding hydrogens is 412 g/mol. The van der Waals surface area contributed by atoms with Crippen LogP contribution in [0.1, 0.15) is 27.7 Å². The van der Waals surface area contributed by atoms with Crippen molar-refractivity contribution in [3.63, 3.8) is 0 Å². The van der Waals surface area contributed by atoms with Crippen LogP contribution in [0.15, 0.2) is 5.11 Å². The summed E-state index contributed by atoms with van der Waals surface area (Å²) in [7, 11) is 0. The fourth-order valence-electron chi connectivity index (χ4n) is 2.02. The lowest BCUT2D eigenvalue weighted by Gasteiger charge is -2.27. The molecule has 0 N–H and O–H groups in total. The summed E-state index contributed by atoms with van der Waals surface area (Å²) in [4.78, 5) is 27.6. The molecule has 31 heavy (non-hydrogen) atoms. The number of hydrogen-bond donors (Lipinski definition) is 0. The first-order chi connectivity index (χ1) is 14.8. The van der Waals surface area contributed by atoms with Crippen molar-refractivity contribution in [2.24, 2.45) is 5.11 Å². The molecular formula is C19H36N4O8. The summed E-state index contributed by atoms with van der Waals surface area (Å²) >= 11 is 0. The Bertz CT molecular complexity index is 535. The van der Waals surface area contributed by atoms with Gasteiger partial charge < -0.3 is 33.3 Å². The molecule has 0 radical (unpaired) electrons. The van der Waals surface area contributed by atoms with Gasteiger partial charge in [-0.2, -0.15) is 0 Å². The van der Waals surface area contributed by atoms with E-state index in [1.807, 2.05) is 0 Å². The average molecular weight is 449 g/mol. The largest absolute Gasteiger partial charge is 0.464 e. The van der Waals surface area contributed by atoms with Crippen molar-refractivity contribution in [2.75, 3.05) is 79.1 Å². The first-order valence-corrected chi connectivity index (χ1v) is 10.3. The minimum atomic E-state index is -0.609. The van der Waals surface area contributed by atoms with E-state index < -0.39 is 17.7 Å². The Morgan fingerprint density at radius 2 is 1.45 bits per heavy atom. The van der Waals surface area contributed by atoms with Crippen LogP contribution in [-0.2, 0) is 33.2 Å². The van der Waals surface area contributed by atoms with Crippen molar-refractivity contribution in [1.82, 2.24) is 4.90 Å². The topological polar surface area (TPSA) is 142 Å². The van der Waals surface area contributed by atoms with Gasteiger partial charge in [0.15, 0.2) is 0 Å². The van der Waals surface area contributed by atoms with Gasteiger partial charge in [0.1, 0.15) is 12.2 Å². The van der Waals surface area contributed by atoms with E-state index in [1.165, 1.54) is 4.90 Å². The van der Waals surface area contributed by atoms with Crippen LogP contribution >= 0.6 is 0 Å². The standard InChI is InChI=1S/C19H36N4O8/c1-5-30-17(24)16-29-15-14-28-13-12-27-11-8-23(18(25)31-19(2,3)4)7-10-26-9-6-21-22-20/h5-16H2,1-4H3. The van der Waals surface area contributed by atoms with Gasteiger partial charge in [0.05, 0.1) is 52.9 Å². The number of ether oxygens (including phenoxy) is 6. The third kappa shape index (κ3) is 19.6. The highest BCUT2D eigenvalue weighted by Crippen LogP contribution is 2.09. The molecule has 12 nitrogen and oxygen atoms in total. The SMILES string of the molecule is CCOC(=O)COCCOCCOCCN(CCOCCN=[N+]=[N-])C(=O)OC(C)(C)C. The fourth-order valence-corrected chi connectivity index (χ4v) is 2.02. The summed E-state index contributed by atoms with van der Waals surface area (Å²) in [5.41, 5.74) is 7.62. The second-order valence-corrected chi connectivity index (χ2v) is 7.12. The van der Waals surface area contributed by atoms with Crippen molar-refractivity contribution in [3.05, 3.63) is 10.4 Å². The minimum Gasteiger partial charge on any atom is -0.464 e. The van der Waals surface area contributed by atoms with E-state index in [0.717, 1.165) is 0 Å². The zero-order valence-electron chi connectivity index (χ0n) is 19.0. The summed E-state index contributed by atoms with van der Waals surface area (Å²) in [6.07, 6.45) is -0.454. The van der Waals surface area contributed by atoms with Crippen LogP contribution in [0.4, 0.5) is 4.79 Å². The Morgan fingerprint density at radius 1 is 0.903 bits per heavy atom. The molecule has 0 aliphatic heterocycles. The molecule has 0 atom stereocenters. The molecule has 0 aromatic heterocycles. The average Bonchev–Trinajstić information content (AvgIpc) is 2.69. The summed E-state index contributed by atoms with van der Waals surface area (Å²) in [5.74, 6) is -0.401. The van der Waals surface area contributed by atoms with Crippen molar-refractivity contribution in [1.29, 1.82) is 0 Å². The molecule has 0 bridgehead atoms. The van der Waals surface area contributed by atoms with Crippen LogP contribution < -0.4 is 0 Å². The molecule has 0 aromatic rings. The number of rotatable bonds is 18. The Balaban J connectivity index is 3.98. The van der Waals surface area contributed by atoms with Gasteiger partial charge in [-0.1, -0.05) is 5.11 Å². The molecule has 0 rings (SSSR count). The lowest BCUT2D eigenvalue weighted by atomic mass is 10.2. The monoisotopic (exact) mass is 448 g/mol. The number of amides is 1. The second-order valence-electron chi connectivity index (χ2n) is 7.12. The van der Waals surface area contributed by atoms with Crippen LogP contribution in [0.5, 0.6) is 0 Å². The highest BCUT2D eigenvalue weighted by atomic mass is 16.6. The van der Waals surface area contributed by atoms with Gasteiger partial charge in [-0.15, -0.1) is 0 Å². The second kappa shape index (κ2) is 18.6. The van der Waals surface area contributed by atoms with Gasteiger partial charge in [0.25, 0.3) is 0 Å². The summed E-state index contributed by atoms with van der Waals surface area (Å²) in [6.45, 7) is 10.4. The van der Waals surface area contributed by atoms with Gasteiger partial charge in [-0.05, 0) is 33.2 Å². The highest BCUT2D eigenvalue weighted by Gasteiger charge is 2.21. The molecule has 0 spiro atoms. The predicted octanol–water partition coefficient (Wildman–Crippen LogP) is 2.16. The third-order valence-electron chi connectivity index (χ3n) is 3.33. The molecule has 0 aromatic carbocycles. The minimum absolute atomic E-state index is 0.0938. The fraction of sp³-hybridized carbons (Fsp3) is 0.895. The Hall–Kier alpha value is -2.11. The van der Waals surface area contributed by atoms with Crippen LogP contribution in [0.25, 0.3) is 10.4 Å². The molecule has 0 saturated heterocycles. The zero-order chi connectivity index (χ0) is 23.4. The number of carbonyl (C=O) groups is 2. The zero-order valence-corrected chi connectivity index (χ0v) is 19.0. The maximum Gasteiger partial charge on any atom is 0.410 e.